The van der Waals surface area contributed by atoms with Crippen LogP contribution in [0.1, 0.15) is 49.9 Å². The number of hydrogen-bond acceptors (Lipinski definition) is 5. The van der Waals surface area contributed by atoms with E-state index >= 15 is 0 Å². The number of rotatable bonds is 6. The molecule has 26 heavy (non-hydrogen) atoms. The highest BCUT2D eigenvalue weighted by molar-refractivity contribution is 5.78. The normalized spacial score (nSPS) is 18.5. The Morgan fingerprint density at radius 3 is 2.81 bits per heavy atom. The number of nitrogens with zero attached hydrogens (tertiary/aromatic N) is 2. The minimum absolute atomic E-state index is 0.287. The first-order valence-corrected chi connectivity index (χ1v) is 9.23. The number of H-pyrrole nitrogens is 1. The Bertz CT molecular complexity index is 792. The van der Waals surface area contributed by atoms with E-state index in [4.69, 9.17) is 4.74 Å². The summed E-state index contributed by atoms with van der Waals surface area (Å²) in [6.45, 7) is 5.76. The van der Waals surface area contributed by atoms with E-state index < -0.39 is 0 Å². The van der Waals surface area contributed by atoms with E-state index in [2.05, 4.69) is 42.0 Å². The van der Waals surface area contributed by atoms with E-state index in [0.717, 1.165) is 25.8 Å². The summed E-state index contributed by atoms with van der Waals surface area (Å²) in [5.41, 5.74) is 3.93. The first kappa shape index (κ1) is 18.5. The maximum Gasteiger partial charge on any atom is 0.248 e. The van der Waals surface area contributed by atoms with Crippen LogP contribution in [0.2, 0.25) is 0 Å². The molecule has 0 atom stereocenters. The molecule has 140 valence electrons. The molecule has 3 rings (SSSR count). The number of carbonyl (C=O) groups is 1. The Morgan fingerprint density at radius 2 is 2.08 bits per heavy atom. The van der Waals surface area contributed by atoms with E-state index in [0.29, 0.717) is 24.7 Å². The van der Waals surface area contributed by atoms with Crippen LogP contribution in [-0.2, 0) is 0 Å². The average molecular weight is 357 g/mol. The number of aldehydes is 1. The minimum Gasteiger partial charge on any atom is -0.487 e. The van der Waals surface area contributed by atoms with Crippen molar-refractivity contribution in [2.75, 3.05) is 20.2 Å². The molecule has 0 unspecified atom stereocenters. The Hall–Kier alpha value is -2.34. The van der Waals surface area contributed by atoms with Gasteiger partial charge in [0, 0.05) is 31.9 Å². The lowest BCUT2D eigenvalue weighted by atomic mass is 9.89. The lowest BCUT2D eigenvalue weighted by Gasteiger charge is -2.36. The number of aromatic nitrogens is 1. The topological polar surface area (TPSA) is 65.6 Å². The number of allylic oxidation sites excluding steroid dienone is 1. The van der Waals surface area contributed by atoms with Gasteiger partial charge in [-0.2, -0.15) is 0 Å². The molecule has 0 spiro atoms. The lowest BCUT2D eigenvalue weighted by molar-refractivity contribution is 0.0403. The summed E-state index contributed by atoms with van der Waals surface area (Å²) in [7, 11) is 2.11. The first-order valence-electron chi connectivity index (χ1n) is 9.23. The second-order valence-corrected chi connectivity index (χ2v) is 7.18. The molecule has 6 heteroatoms. The number of likely N-dealkylation sites (N-methyl/N-ethyl adjacent to an activating group) is 1. The Labute approximate surface area is 154 Å². The van der Waals surface area contributed by atoms with Gasteiger partial charge >= 0.3 is 0 Å². The summed E-state index contributed by atoms with van der Waals surface area (Å²) in [5.74, 6) is 0.426. The van der Waals surface area contributed by atoms with Gasteiger partial charge in [-0.05, 0) is 56.8 Å². The predicted octanol–water partition coefficient (Wildman–Crippen LogP) is 2.89. The highest BCUT2D eigenvalue weighted by atomic mass is 16.5. The van der Waals surface area contributed by atoms with Crippen LogP contribution in [0.4, 0.5) is 0 Å². The van der Waals surface area contributed by atoms with E-state index in [1.807, 2.05) is 0 Å². The van der Waals surface area contributed by atoms with Gasteiger partial charge in [-0.3, -0.25) is 9.59 Å². The average Bonchev–Trinajstić information content (AvgIpc) is 3.02. The molecule has 0 aromatic carbocycles. The van der Waals surface area contributed by atoms with Gasteiger partial charge in [0.05, 0.1) is 11.3 Å². The fraction of sp³-hybridized carbons (Fsp3) is 0.500. The van der Waals surface area contributed by atoms with Crippen LogP contribution in [0.5, 0.6) is 5.75 Å². The number of carbonyl (C=O) groups excluding carboxylic acids is 1. The van der Waals surface area contributed by atoms with Gasteiger partial charge in [0.25, 0.3) is 0 Å². The van der Waals surface area contributed by atoms with Crippen molar-refractivity contribution in [1.82, 2.24) is 15.0 Å². The molecule has 1 aromatic heterocycles. The van der Waals surface area contributed by atoms with Crippen LogP contribution in [0.25, 0.3) is 0 Å². The molecule has 0 amide bonds. The van der Waals surface area contributed by atoms with E-state index in [-0.39, 0.29) is 11.1 Å². The second kappa shape index (κ2) is 7.91. The van der Waals surface area contributed by atoms with Crippen molar-refractivity contribution in [3.63, 3.8) is 0 Å². The smallest absolute Gasteiger partial charge is 0.248 e. The molecular formula is C20H27N3O3. The first-order chi connectivity index (χ1) is 12.5. The summed E-state index contributed by atoms with van der Waals surface area (Å²) < 4.78 is 5.92. The van der Waals surface area contributed by atoms with Crippen LogP contribution in [0.3, 0.4) is 0 Å². The Balaban J connectivity index is 1.85. The molecule has 0 saturated heterocycles. The number of aromatic amines is 1. The van der Waals surface area contributed by atoms with Crippen molar-refractivity contribution in [2.45, 2.75) is 45.6 Å². The standard InChI is InChI=1S/C20H27N3O3/c1-14(2)23-18(8-9-22(23)3)17-7-5-4-6-15(17)13-26-19-11-21-20(25)10-16(19)12-24/h8,10-12,14H,4-7,9,13H2,1-3H3,(H,21,25). The van der Waals surface area contributed by atoms with Crippen molar-refractivity contribution >= 4 is 6.29 Å². The van der Waals surface area contributed by atoms with Gasteiger partial charge in [0.15, 0.2) is 6.29 Å². The fourth-order valence-electron chi connectivity index (χ4n) is 3.81. The van der Waals surface area contributed by atoms with Gasteiger partial charge in [0.1, 0.15) is 12.4 Å². The van der Waals surface area contributed by atoms with Gasteiger partial charge < -0.3 is 14.7 Å². The zero-order valence-corrected chi connectivity index (χ0v) is 15.7. The highest BCUT2D eigenvalue weighted by Gasteiger charge is 2.28. The molecule has 1 aromatic rings. The summed E-state index contributed by atoms with van der Waals surface area (Å²) in [5, 5.41) is 4.59. The molecule has 1 aliphatic heterocycles. The maximum absolute atomic E-state index is 11.4. The van der Waals surface area contributed by atoms with Crippen LogP contribution >= 0.6 is 0 Å². The fourth-order valence-corrected chi connectivity index (χ4v) is 3.81. The summed E-state index contributed by atoms with van der Waals surface area (Å²) in [4.78, 5) is 25.1. The monoisotopic (exact) mass is 357 g/mol. The van der Waals surface area contributed by atoms with Crippen LogP contribution < -0.4 is 10.3 Å². The van der Waals surface area contributed by atoms with Crippen molar-refractivity contribution in [3.05, 3.63) is 51.1 Å². The Morgan fingerprint density at radius 1 is 1.31 bits per heavy atom. The molecule has 0 saturated carbocycles. The minimum atomic E-state index is -0.302. The van der Waals surface area contributed by atoms with Crippen LogP contribution in [0.15, 0.2) is 40.0 Å². The number of hydrogen-bond donors (Lipinski definition) is 1. The number of nitrogens with one attached hydrogen (secondary N) is 1. The Kier molecular flexibility index (Phi) is 5.61. The molecule has 0 bridgehead atoms. The molecule has 1 aliphatic carbocycles. The van der Waals surface area contributed by atoms with Crippen molar-refractivity contribution < 1.29 is 9.53 Å². The third-order valence-electron chi connectivity index (χ3n) is 4.99. The maximum atomic E-state index is 11.4. The van der Waals surface area contributed by atoms with Gasteiger partial charge in [0.2, 0.25) is 5.56 Å². The SMILES string of the molecule is CC(C)N1C(C2=C(COc3c[nH]c(=O)cc3C=O)CCCC2)=CCN1C. The largest absolute Gasteiger partial charge is 0.487 e. The summed E-state index contributed by atoms with van der Waals surface area (Å²) in [6, 6.07) is 1.67. The van der Waals surface area contributed by atoms with Crippen molar-refractivity contribution in [2.24, 2.45) is 0 Å². The predicted molar refractivity (Wildman–Crippen MR) is 101 cm³/mol. The zero-order chi connectivity index (χ0) is 18.7. The van der Waals surface area contributed by atoms with Gasteiger partial charge in [-0.1, -0.05) is 0 Å². The van der Waals surface area contributed by atoms with E-state index in [1.54, 1.807) is 0 Å². The molecule has 2 aliphatic rings. The third-order valence-corrected chi connectivity index (χ3v) is 4.99. The van der Waals surface area contributed by atoms with Crippen LogP contribution in [0, 0.1) is 0 Å². The van der Waals surface area contributed by atoms with Gasteiger partial charge in [-0.15, -0.1) is 0 Å². The molecular weight excluding hydrogens is 330 g/mol. The summed E-state index contributed by atoms with van der Waals surface area (Å²) >= 11 is 0. The number of pyridine rings is 1. The van der Waals surface area contributed by atoms with Crippen molar-refractivity contribution in [1.29, 1.82) is 0 Å². The van der Waals surface area contributed by atoms with E-state index in [1.165, 1.54) is 35.5 Å². The molecule has 1 N–H and O–H groups in total. The highest BCUT2D eigenvalue weighted by Crippen LogP contribution is 2.35. The third kappa shape index (κ3) is 3.75. The molecule has 2 heterocycles. The summed E-state index contributed by atoms with van der Waals surface area (Å²) in [6.07, 6.45) is 8.81. The molecule has 0 radical (unpaired) electrons. The van der Waals surface area contributed by atoms with Gasteiger partial charge in [-0.25, -0.2) is 5.01 Å². The van der Waals surface area contributed by atoms with Crippen molar-refractivity contribution in [3.8, 4) is 5.75 Å². The van der Waals surface area contributed by atoms with E-state index in [9.17, 15) is 9.59 Å². The molecule has 6 nitrogen and oxygen atoms in total. The second-order valence-electron chi connectivity index (χ2n) is 7.18. The van der Waals surface area contributed by atoms with Crippen LogP contribution in [-0.4, -0.2) is 47.5 Å². The zero-order valence-electron chi connectivity index (χ0n) is 15.7. The number of hydrazine groups is 1. The molecule has 0 fully saturated rings. The lowest BCUT2D eigenvalue weighted by Crippen LogP contribution is -2.40. The number of ether oxygens (including phenoxy) is 1. The quantitative estimate of drug-likeness (QED) is 0.793.